The Hall–Kier alpha value is -4.25. The van der Waals surface area contributed by atoms with Crippen LogP contribution >= 0.6 is 0 Å². The van der Waals surface area contributed by atoms with Crippen LogP contribution < -0.4 is 0 Å². The molecular formula is C27H15F2N3. The van der Waals surface area contributed by atoms with Gasteiger partial charge in [-0.25, -0.2) is 23.7 Å². The Morgan fingerprint density at radius 2 is 1.12 bits per heavy atom. The van der Waals surface area contributed by atoms with Crippen molar-refractivity contribution in [1.82, 2.24) is 15.0 Å². The van der Waals surface area contributed by atoms with Crippen LogP contribution in [0.1, 0.15) is 0 Å². The fraction of sp³-hybridized carbons (Fsp3) is 0. The first kappa shape index (κ1) is 18.5. The summed E-state index contributed by atoms with van der Waals surface area (Å²) in [5.41, 5.74) is 6.87. The van der Waals surface area contributed by atoms with Gasteiger partial charge in [-0.05, 0) is 66.2 Å². The predicted octanol–water partition coefficient (Wildman–Crippen LogP) is 6.94. The largest absolute Gasteiger partial charge is 0.245 e. The van der Waals surface area contributed by atoms with Crippen molar-refractivity contribution in [1.29, 1.82) is 0 Å². The molecule has 0 radical (unpaired) electrons. The minimum atomic E-state index is -0.319. The summed E-state index contributed by atoms with van der Waals surface area (Å²) in [5.74, 6) is -0.625. The quantitative estimate of drug-likeness (QED) is 0.225. The second-order valence-corrected chi connectivity index (χ2v) is 7.62. The number of para-hydroxylation sites is 2. The lowest BCUT2D eigenvalue weighted by Crippen LogP contribution is -1.95. The molecule has 0 bridgehead atoms. The third-order valence-corrected chi connectivity index (χ3v) is 5.57. The van der Waals surface area contributed by atoms with Gasteiger partial charge in [0.15, 0.2) is 0 Å². The number of fused-ring (bicyclic) bond motifs is 4. The van der Waals surface area contributed by atoms with Crippen LogP contribution in [0.25, 0.3) is 55.4 Å². The molecule has 0 aliphatic heterocycles. The van der Waals surface area contributed by atoms with Gasteiger partial charge in [0, 0.05) is 16.5 Å². The molecule has 0 atom stereocenters. The number of benzene rings is 4. The van der Waals surface area contributed by atoms with E-state index in [-0.39, 0.29) is 11.6 Å². The van der Waals surface area contributed by atoms with Gasteiger partial charge in [-0.3, -0.25) is 0 Å². The topological polar surface area (TPSA) is 38.7 Å². The normalized spacial score (nSPS) is 11.4. The molecule has 0 N–H and O–H groups in total. The SMILES string of the molecule is Fc1ccc(-c2cc3ccc4nc5ccccc5nc4c3nc2-c2ccc(F)cc2)cc1. The van der Waals surface area contributed by atoms with Crippen LogP contribution in [-0.4, -0.2) is 15.0 Å². The van der Waals surface area contributed by atoms with Gasteiger partial charge in [0.2, 0.25) is 0 Å². The second kappa shape index (κ2) is 7.17. The van der Waals surface area contributed by atoms with E-state index >= 15 is 0 Å². The first-order valence-corrected chi connectivity index (χ1v) is 10.2. The molecule has 5 heteroatoms. The number of pyridine rings is 1. The smallest absolute Gasteiger partial charge is 0.123 e. The standard InChI is InChI=1S/C27H15F2N3/c28-19-10-5-16(6-11-19)21-15-18-9-14-24-27(31-23-4-2-1-3-22(23)30-24)26(18)32-25(21)17-7-12-20(29)13-8-17/h1-15H. The van der Waals surface area contributed by atoms with Crippen molar-refractivity contribution < 1.29 is 8.78 Å². The summed E-state index contributed by atoms with van der Waals surface area (Å²) in [6, 6.07) is 26.1. The van der Waals surface area contributed by atoms with Crippen LogP contribution in [0.15, 0.2) is 91.0 Å². The molecule has 0 aliphatic rings. The summed E-state index contributed by atoms with van der Waals surface area (Å²) in [5, 5.41) is 0.896. The Bertz CT molecular complexity index is 1630. The summed E-state index contributed by atoms with van der Waals surface area (Å²) >= 11 is 0. The van der Waals surface area contributed by atoms with Gasteiger partial charge in [-0.1, -0.05) is 30.3 Å². The molecule has 2 heterocycles. The van der Waals surface area contributed by atoms with Gasteiger partial charge in [0.05, 0.1) is 27.8 Å². The molecule has 32 heavy (non-hydrogen) atoms. The molecule has 6 rings (SSSR count). The van der Waals surface area contributed by atoms with Crippen LogP contribution in [0, 0.1) is 11.6 Å². The lowest BCUT2D eigenvalue weighted by Gasteiger charge is -2.13. The minimum Gasteiger partial charge on any atom is -0.245 e. The van der Waals surface area contributed by atoms with E-state index in [2.05, 4.69) is 0 Å². The molecule has 4 aromatic carbocycles. The average Bonchev–Trinajstić information content (AvgIpc) is 2.83. The fourth-order valence-electron chi connectivity index (χ4n) is 4.00. The highest BCUT2D eigenvalue weighted by molar-refractivity contribution is 6.06. The third-order valence-electron chi connectivity index (χ3n) is 5.57. The zero-order valence-corrected chi connectivity index (χ0v) is 16.8. The van der Waals surface area contributed by atoms with Crippen LogP contribution in [0.5, 0.6) is 0 Å². The Balaban J connectivity index is 1.70. The van der Waals surface area contributed by atoms with E-state index in [0.717, 1.165) is 38.6 Å². The average molecular weight is 419 g/mol. The molecule has 0 unspecified atom stereocenters. The van der Waals surface area contributed by atoms with Gasteiger partial charge in [0.25, 0.3) is 0 Å². The third kappa shape index (κ3) is 3.06. The molecule has 0 amide bonds. The van der Waals surface area contributed by atoms with E-state index in [9.17, 15) is 8.78 Å². The van der Waals surface area contributed by atoms with Crippen molar-refractivity contribution in [2.24, 2.45) is 0 Å². The van der Waals surface area contributed by atoms with Crippen molar-refractivity contribution in [2.45, 2.75) is 0 Å². The fourth-order valence-corrected chi connectivity index (χ4v) is 4.00. The molecular weight excluding hydrogens is 404 g/mol. The summed E-state index contributed by atoms with van der Waals surface area (Å²) in [6.45, 7) is 0. The lowest BCUT2D eigenvalue weighted by atomic mass is 9.97. The Labute approximate surface area is 182 Å². The summed E-state index contributed by atoms with van der Waals surface area (Å²) in [7, 11) is 0. The van der Waals surface area contributed by atoms with Gasteiger partial charge < -0.3 is 0 Å². The van der Waals surface area contributed by atoms with E-state index in [0.29, 0.717) is 16.7 Å². The van der Waals surface area contributed by atoms with Crippen molar-refractivity contribution in [3.8, 4) is 22.4 Å². The van der Waals surface area contributed by atoms with Gasteiger partial charge in [-0.2, -0.15) is 0 Å². The molecule has 2 aromatic heterocycles. The van der Waals surface area contributed by atoms with E-state index in [4.69, 9.17) is 15.0 Å². The first-order chi connectivity index (χ1) is 15.7. The molecule has 0 fully saturated rings. The minimum absolute atomic E-state index is 0.307. The lowest BCUT2D eigenvalue weighted by molar-refractivity contribution is 0.627. The maximum Gasteiger partial charge on any atom is 0.123 e. The van der Waals surface area contributed by atoms with E-state index in [1.807, 2.05) is 42.5 Å². The van der Waals surface area contributed by atoms with E-state index in [1.165, 1.54) is 24.3 Å². The predicted molar refractivity (Wildman–Crippen MR) is 123 cm³/mol. The maximum absolute atomic E-state index is 13.6. The summed E-state index contributed by atoms with van der Waals surface area (Å²) in [6.07, 6.45) is 0. The number of halogens is 2. The number of nitrogens with zero attached hydrogens (tertiary/aromatic N) is 3. The Morgan fingerprint density at radius 1 is 0.500 bits per heavy atom. The number of hydrogen-bond acceptors (Lipinski definition) is 3. The van der Waals surface area contributed by atoms with E-state index < -0.39 is 0 Å². The van der Waals surface area contributed by atoms with Crippen molar-refractivity contribution in [2.75, 3.05) is 0 Å². The van der Waals surface area contributed by atoms with Crippen molar-refractivity contribution >= 4 is 33.0 Å². The second-order valence-electron chi connectivity index (χ2n) is 7.62. The molecule has 0 spiro atoms. The maximum atomic E-state index is 13.6. The summed E-state index contributed by atoms with van der Waals surface area (Å²) in [4.78, 5) is 14.6. The van der Waals surface area contributed by atoms with Crippen LogP contribution in [0.3, 0.4) is 0 Å². The van der Waals surface area contributed by atoms with Gasteiger partial charge in [0.1, 0.15) is 17.2 Å². The molecule has 3 nitrogen and oxygen atoms in total. The number of rotatable bonds is 2. The molecule has 0 aliphatic carbocycles. The molecule has 0 saturated carbocycles. The van der Waals surface area contributed by atoms with Gasteiger partial charge in [-0.15, -0.1) is 0 Å². The molecule has 6 aromatic rings. The monoisotopic (exact) mass is 419 g/mol. The van der Waals surface area contributed by atoms with Crippen LogP contribution in [0.2, 0.25) is 0 Å². The van der Waals surface area contributed by atoms with E-state index in [1.54, 1.807) is 24.3 Å². The van der Waals surface area contributed by atoms with Crippen molar-refractivity contribution in [3.63, 3.8) is 0 Å². The van der Waals surface area contributed by atoms with Crippen LogP contribution in [-0.2, 0) is 0 Å². The van der Waals surface area contributed by atoms with Crippen molar-refractivity contribution in [3.05, 3.63) is 103 Å². The number of hydrogen-bond donors (Lipinski definition) is 0. The molecule has 0 saturated heterocycles. The first-order valence-electron chi connectivity index (χ1n) is 10.2. The number of aromatic nitrogens is 3. The highest BCUT2D eigenvalue weighted by Gasteiger charge is 2.15. The Morgan fingerprint density at radius 3 is 1.81 bits per heavy atom. The zero-order valence-electron chi connectivity index (χ0n) is 16.8. The highest BCUT2D eigenvalue weighted by atomic mass is 19.1. The molecule has 152 valence electrons. The zero-order chi connectivity index (χ0) is 21.7. The van der Waals surface area contributed by atoms with Crippen LogP contribution in [0.4, 0.5) is 8.78 Å². The highest BCUT2D eigenvalue weighted by Crippen LogP contribution is 2.35. The van der Waals surface area contributed by atoms with Gasteiger partial charge >= 0.3 is 0 Å². The Kier molecular flexibility index (Phi) is 4.15. The summed E-state index contributed by atoms with van der Waals surface area (Å²) < 4.78 is 27.2.